The molecule has 4 heteroatoms. The molecule has 0 radical (unpaired) electrons. The highest BCUT2D eigenvalue weighted by molar-refractivity contribution is 5.91. The lowest BCUT2D eigenvalue weighted by atomic mass is 9.99. The van der Waals surface area contributed by atoms with Crippen LogP contribution in [0.2, 0.25) is 0 Å². The maximum atomic E-state index is 5.09. The summed E-state index contributed by atoms with van der Waals surface area (Å²) in [5.41, 5.74) is 5.83. The van der Waals surface area contributed by atoms with Gasteiger partial charge in [0.2, 0.25) is 0 Å². The van der Waals surface area contributed by atoms with E-state index in [9.17, 15) is 0 Å². The Balaban J connectivity index is 1.54. The van der Waals surface area contributed by atoms with Crippen molar-refractivity contribution in [2.75, 3.05) is 9.80 Å². The summed E-state index contributed by atoms with van der Waals surface area (Å²) in [6, 6.07) is 27.6. The Hall–Kier alpha value is -3.40. The summed E-state index contributed by atoms with van der Waals surface area (Å²) < 4.78 is 0. The third-order valence-electron chi connectivity index (χ3n) is 6.37. The molecule has 3 atom stereocenters. The topological polar surface area (TPSA) is 32.3 Å². The number of fused-ring (bicyclic) bond motifs is 9. The van der Waals surface area contributed by atoms with Gasteiger partial charge in [-0.05, 0) is 48.2 Å². The minimum Gasteiger partial charge on any atom is -0.302 e. The average molecular weight is 362 g/mol. The second-order valence-electron chi connectivity index (χ2n) is 7.91. The van der Waals surface area contributed by atoms with E-state index in [0.29, 0.717) is 11.8 Å². The van der Waals surface area contributed by atoms with E-state index in [4.69, 9.17) is 9.97 Å². The Morgan fingerprint density at radius 1 is 0.679 bits per heavy atom. The zero-order valence-corrected chi connectivity index (χ0v) is 15.2. The molecule has 28 heavy (non-hydrogen) atoms. The molecule has 2 aliphatic heterocycles. The van der Waals surface area contributed by atoms with Gasteiger partial charge in [0, 0.05) is 17.3 Å². The third kappa shape index (κ3) is 1.80. The van der Waals surface area contributed by atoms with Gasteiger partial charge in [0.15, 0.2) is 11.6 Å². The molecule has 3 aliphatic rings. The molecule has 134 valence electrons. The smallest absolute Gasteiger partial charge is 0.179 e. The van der Waals surface area contributed by atoms with Crippen LogP contribution in [0.15, 0.2) is 78.9 Å². The van der Waals surface area contributed by atoms with Gasteiger partial charge in [0.1, 0.15) is 6.17 Å². The number of nitrogens with zero attached hydrogens (tertiary/aromatic N) is 4. The molecular formula is C24H18N4. The van der Waals surface area contributed by atoms with Crippen molar-refractivity contribution in [3.05, 3.63) is 84.4 Å². The normalized spacial score (nSPS) is 23.8. The van der Waals surface area contributed by atoms with Gasteiger partial charge in [-0.25, -0.2) is 9.97 Å². The standard InChI is InChI=1S/C24H18N4/c1-2-8-15(9-3-1)27-22-23(26-20-12-6-5-11-19(20)25-22)28-21-13-7-4-10-16(21)17-14-18(17)24(27)28/h1-13,17-18,24H,14H2. The van der Waals surface area contributed by atoms with Gasteiger partial charge in [-0.2, -0.15) is 0 Å². The van der Waals surface area contributed by atoms with Crippen LogP contribution in [-0.2, 0) is 0 Å². The maximum Gasteiger partial charge on any atom is 0.179 e. The van der Waals surface area contributed by atoms with Crippen LogP contribution in [0.25, 0.3) is 11.0 Å². The van der Waals surface area contributed by atoms with Crippen LogP contribution in [0, 0.1) is 5.92 Å². The predicted molar refractivity (Wildman–Crippen MR) is 111 cm³/mol. The van der Waals surface area contributed by atoms with Crippen molar-refractivity contribution in [3.8, 4) is 0 Å². The van der Waals surface area contributed by atoms with Crippen LogP contribution in [0.4, 0.5) is 23.0 Å². The number of aromatic nitrogens is 2. The first-order chi connectivity index (χ1) is 13.9. The number of rotatable bonds is 1. The Kier molecular flexibility index (Phi) is 2.67. The van der Waals surface area contributed by atoms with E-state index in [2.05, 4.69) is 76.5 Å². The molecule has 3 aromatic carbocycles. The highest BCUT2D eigenvalue weighted by atomic mass is 15.5. The molecular weight excluding hydrogens is 344 g/mol. The molecule has 1 aliphatic carbocycles. The van der Waals surface area contributed by atoms with Gasteiger partial charge in [0.05, 0.1) is 11.0 Å². The molecule has 4 aromatic rings. The number of benzene rings is 3. The van der Waals surface area contributed by atoms with Crippen LogP contribution in [0.1, 0.15) is 17.9 Å². The lowest BCUT2D eigenvalue weighted by Gasteiger charge is -2.36. The Labute approximate surface area is 163 Å². The Morgan fingerprint density at radius 2 is 1.32 bits per heavy atom. The van der Waals surface area contributed by atoms with Crippen molar-refractivity contribution in [1.29, 1.82) is 0 Å². The lowest BCUT2D eigenvalue weighted by Crippen LogP contribution is -2.42. The van der Waals surface area contributed by atoms with Gasteiger partial charge in [-0.15, -0.1) is 0 Å². The van der Waals surface area contributed by atoms with E-state index in [1.54, 1.807) is 0 Å². The monoisotopic (exact) mass is 362 g/mol. The summed E-state index contributed by atoms with van der Waals surface area (Å²) in [7, 11) is 0. The highest BCUT2D eigenvalue weighted by Gasteiger charge is 2.58. The first kappa shape index (κ1) is 14.6. The predicted octanol–water partition coefficient (Wildman–Crippen LogP) is 5.36. The zero-order valence-electron chi connectivity index (χ0n) is 15.2. The first-order valence-corrected chi connectivity index (χ1v) is 9.89. The fraction of sp³-hybridized carbons (Fsp3) is 0.167. The first-order valence-electron chi connectivity index (χ1n) is 9.89. The van der Waals surface area contributed by atoms with E-state index in [1.165, 1.54) is 23.4 Å². The van der Waals surface area contributed by atoms with Crippen LogP contribution in [0.3, 0.4) is 0 Å². The summed E-state index contributed by atoms with van der Waals surface area (Å²) >= 11 is 0. The molecule has 4 nitrogen and oxygen atoms in total. The summed E-state index contributed by atoms with van der Waals surface area (Å²) in [6.07, 6.45) is 1.48. The van der Waals surface area contributed by atoms with Crippen molar-refractivity contribution in [2.24, 2.45) is 5.92 Å². The quantitative estimate of drug-likeness (QED) is 0.456. The number of para-hydroxylation sites is 4. The van der Waals surface area contributed by atoms with E-state index >= 15 is 0 Å². The summed E-state index contributed by atoms with van der Waals surface area (Å²) in [5, 5.41) is 0. The highest BCUT2D eigenvalue weighted by Crippen LogP contribution is 2.64. The average Bonchev–Trinajstić information content (AvgIpc) is 3.49. The molecule has 1 aromatic heterocycles. The number of hydrogen-bond donors (Lipinski definition) is 0. The Morgan fingerprint density at radius 3 is 2.11 bits per heavy atom. The van der Waals surface area contributed by atoms with Crippen molar-refractivity contribution < 1.29 is 0 Å². The van der Waals surface area contributed by atoms with Crippen LogP contribution < -0.4 is 9.80 Å². The second-order valence-corrected chi connectivity index (χ2v) is 7.91. The SMILES string of the molecule is c1ccc(N2c3nc4ccccc4nc3N3c4ccccc4C4CC4C23)cc1. The van der Waals surface area contributed by atoms with Gasteiger partial charge in [0.25, 0.3) is 0 Å². The van der Waals surface area contributed by atoms with Gasteiger partial charge in [-0.3, -0.25) is 0 Å². The van der Waals surface area contributed by atoms with E-state index < -0.39 is 0 Å². The molecule has 3 heterocycles. The van der Waals surface area contributed by atoms with Gasteiger partial charge < -0.3 is 9.80 Å². The maximum absolute atomic E-state index is 5.09. The van der Waals surface area contributed by atoms with E-state index in [0.717, 1.165) is 22.7 Å². The lowest BCUT2D eigenvalue weighted by molar-refractivity contribution is 0.575. The van der Waals surface area contributed by atoms with Crippen molar-refractivity contribution >= 4 is 34.0 Å². The summed E-state index contributed by atoms with van der Waals surface area (Å²) in [4.78, 5) is 15.0. The van der Waals surface area contributed by atoms with Crippen LogP contribution in [-0.4, -0.2) is 16.1 Å². The van der Waals surface area contributed by atoms with Crippen molar-refractivity contribution in [2.45, 2.75) is 18.5 Å². The fourth-order valence-electron chi connectivity index (χ4n) is 5.10. The molecule has 0 bridgehead atoms. The van der Waals surface area contributed by atoms with E-state index in [1.807, 2.05) is 12.1 Å². The second kappa shape index (κ2) is 5.10. The molecule has 0 spiro atoms. The molecule has 0 amide bonds. The fourth-order valence-corrected chi connectivity index (χ4v) is 5.10. The number of hydrogen-bond acceptors (Lipinski definition) is 4. The van der Waals surface area contributed by atoms with Crippen LogP contribution in [0.5, 0.6) is 0 Å². The molecule has 1 fully saturated rings. The Bertz CT molecular complexity index is 1240. The summed E-state index contributed by atoms with van der Waals surface area (Å²) in [5.74, 6) is 3.20. The molecule has 0 N–H and O–H groups in total. The van der Waals surface area contributed by atoms with Crippen molar-refractivity contribution in [1.82, 2.24) is 9.97 Å². The molecule has 1 saturated carbocycles. The van der Waals surface area contributed by atoms with Crippen molar-refractivity contribution in [3.63, 3.8) is 0 Å². The zero-order chi connectivity index (χ0) is 18.2. The summed E-state index contributed by atoms with van der Waals surface area (Å²) in [6.45, 7) is 0. The third-order valence-corrected chi connectivity index (χ3v) is 6.37. The molecule has 3 unspecified atom stereocenters. The minimum atomic E-state index is 0.245. The van der Waals surface area contributed by atoms with Crippen LogP contribution >= 0.6 is 0 Å². The molecule has 0 saturated heterocycles. The van der Waals surface area contributed by atoms with Gasteiger partial charge >= 0.3 is 0 Å². The molecule has 7 rings (SSSR count). The largest absolute Gasteiger partial charge is 0.302 e. The minimum absolute atomic E-state index is 0.245. The van der Waals surface area contributed by atoms with E-state index in [-0.39, 0.29) is 6.17 Å². The number of anilines is 4. The van der Waals surface area contributed by atoms with Gasteiger partial charge in [-0.1, -0.05) is 48.5 Å².